The second-order valence-electron chi connectivity index (χ2n) is 11.1. The third kappa shape index (κ3) is 6.62. The van der Waals surface area contributed by atoms with Crippen LogP contribution in [0.25, 0.3) is 0 Å². The molecule has 3 atom stereocenters. The highest BCUT2D eigenvalue weighted by molar-refractivity contribution is 5.68. The van der Waals surface area contributed by atoms with Crippen LogP contribution in [-0.2, 0) is 4.74 Å². The molecule has 4 rings (SSSR count). The summed E-state index contributed by atoms with van der Waals surface area (Å²) < 4.78 is 5.51. The van der Waals surface area contributed by atoms with Gasteiger partial charge in [-0.2, -0.15) is 0 Å². The second kappa shape index (κ2) is 10.8. The zero-order valence-electron chi connectivity index (χ0n) is 20.9. The van der Waals surface area contributed by atoms with E-state index in [1.165, 1.54) is 5.69 Å². The van der Waals surface area contributed by atoms with Gasteiger partial charge in [-0.25, -0.2) is 4.79 Å². The maximum absolute atomic E-state index is 12.3. The molecule has 3 saturated heterocycles. The lowest BCUT2D eigenvalue weighted by Crippen LogP contribution is -2.49. The number of carbonyl (C=O) groups is 1. The van der Waals surface area contributed by atoms with Crippen molar-refractivity contribution < 1.29 is 19.7 Å². The molecule has 1 amide bonds. The van der Waals surface area contributed by atoms with Gasteiger partial charge < -0.3 is 24.7 Å². The molecule has 8 heteroatoms. The Morgan fingerprint density at radius 1 is 0.971 bits per heavy atom. The predicted molar refractivity (Wildman–Crippen MR) is 133 cm³/mol. The number of rotatable bonds is 4. The van der Waals surface area contributed by atoms with E-state index in [2.05, 4.69) is 39.4 Å². The Hall–Kier alpha value is -1.87. The Morgan fingerprint density at radius 2 is 1.62 bits per heavy atom. The molecule has 1 aromatic rings. The summed E-state index contributed by atoms with van der Waals surface area (Å²) in [6, 6.07) is 8.56. The Kier molecular flexibility index (Phi) is 8.02. The average molecular weight is 475 g/mol. The standard InChI is InChI=1S/C26H42N4O4/c1-26(2,3)34-25(33)30-12-10-19(11-13-30)18-28-14-16-29(17-15-28)21-6-4-20(5-7-21)22-8-9-23(31)27-24(22)32/h4-7,19,22-24,27,31-32H,8-18H2,1-3H3. The van der Waals surface area contributed by atoms with Gasteiger partial charge >= 0.3 is 6.09 Å². The van der Waals surface area contributed by atoms with Crippen LogP contribution in [0.3, 0.4) is 0 Å². The molecule has 0 aromatic heterocycles. The van der Waals surface area contributed by atoms with E-state index < -0.39 is 18.1 Å². The topological polar surface area (TPSA) is 88.5 Å². The Labute approximate surface area is 203 Å². The van der Waals surface area contributed by atoms with E-state index in [1.807, 2.05) is 25.7 Å². The molecule has 190 valence electrons. The van der Waals surface area contributed by atoms with Crippen molar-refractivity contribution in [1.29, 1.82) is 0 Å². The molecule has 0 saturated carbocycles. The van der Waals surface area contributed by atoms with E-state index in [-0.39, 0.29) is 12.0 Å². The van der Waals surface area contributed by atoms with E-state index in [0.717, 1.165) is 70.6 Å². The van der Waals surface area contributed by atoms with Crippen molar-refractivity contribution in [3.05, 3.63) is 29.8 Å². The number of piperidine rings is 2. The van der Waals surface area contributed by atoms with Crippen molar-refractivity contribution in [3.8, 4) is 0 Å². The normalized spacial score (nSPS) is 27.6. The molecule has 3 N–H and O–H groups in total. The van der Waals surface area contributed by atoms with Crippen LogP contribution in [-0.4, -0.2) is 90.0 Å². The van der Waals surface area contributed by atoms with E-state index >= 15 is 0 Å². The Bertz CT molecular complexity index is 796. The van der Waals surface area contributed by atoms with Gasteiger partial charge in [0.1, 0.15) is 18.1 Å². The van der Waals surface area contributed by atoms with Crippen LogP contribution in [0, 0.1) is 5.92 Å². The zero-order valence-corrected chi connectivity index (χ0v) is 20.9. The lowest BCUT2D eigenvalue weighted by molar-refractivity contribution is -0.0100. The predicted octanol–water partition coefficient (Wildman–Crippen LogP) is 2.56. The highest BCUT2D eigenvalue weighted by atomic mass is 16.6. The molecule has 0 aliphatic carbocycles. The number of likely N-dealkylation sites (tertiary alicyclic amines) is 1. The van der Waals surface area contributed by atoms with Crippen molar-refractivity contribution in [2.75, 3.05) is 50.7 Å². The molecule has 3 aliphatic heterocycles. The van der Waals surface area contributed by atoms with Gasteiger partial charge in [0, 0.05) is 57.4 Å². The third-order valence-corrected chi connectivity index (χ3v) is 7.34. The van der Waals surface area contributed by atoms with Gasteiger partial charge in [-0.05, 0) is 70.1 Å². The first-order valence-corrected chi connectivity index (χ1v) is 12.9. The summed E-state index contributed by atoms with van der Waals surface area (Å²) in [5, 5.41) is 22.7. The monoisotopic (exact) mass is 474 g/mol. The lowest BCUT2D eigenvalue weighted by atomic mass is 9.89. The number of nitrogens with one attached hydrogen (secondary N) is 1. The minimum Gasteiger partial charge on any atom is -0.444 e. The summed E-state index contributed by atoms with van der Waals surface area (Å²) >= 11 is 0. The molecule has 0 radical (unpaired) electrons. The highest BCUT2D eigenvalue weighted by Crippen LogP contribution is 2.30. The van der Waals surface area contributed by atoms with Gasteiger partial charge in [-0.15, -0.1) is 0 Å². The van der Waals surface area contributed by atoms with Crippen molar-refractivity contribution in [1.82, 2.24) is 15.1 Å². The molecule has 3 unspecified atom stereocenters. The molecular weight excluding hydrogens is 432 g/mol. The molecule has 0 bridgehead atoms. The number of nitrogens with zero attached hydrogens (tertiary/aromatic N) is 3. The quantitative estimate of drug-likeness (QED) is 0.618. The van der Waals surface area contributed by atoms with E-state index in [9.17, 15) is 15.0 Å². The maximum atomic E-state index is 12.3. The lowest BCUT2D eigenvalue weighted by Gasteiger charge is -2.40. The summed E-state index contributed by atoms with van der Waals surface area (Å²) in [5.74, 6) is 0.662. The van der Waals surface area contributed by atoms with Crippen LogP contribution in [0.5, 0.6) is 0 Å². The summed E-state index contributed by atoms with van der Waals surface area (Å²) in [4.78, 5) is 19.1. The molecule has 8 nitrogen and oxygen atoms in total. The number of piperazine rings is 1. The van der Waals surface area contributed by atoms with E-state index in [0.29, 0.717) is 12.3 Å². The number of carbonyl (C=O) groups excluding carboxylic acids is 1. The van der Waals surface area contributed by atoms with E-state index in [1.54, 1.807) is 0 Å². The Morgan fingerprint density at radius 3 is 2.21 bits per heavy atom. The average Bonchev–Trinajstić information content (AvgIpc) is 2.79. The van der Waals surface area contributed by atoms with Gasteiger partial charge in [0.05, 0.1) is 0 Å². The fourth-order valence-corrected chi connectivity index (χ4v) is 5.35. The van der Waals surface area contributed by atoms with Gasteiger partial charge in [0.25, 0.3) is 0 Å². The molecule has 3 aliphatic rings. The summed E-state index contributed by atoms with van der Waals surface area (Å²) in [7, 11) is 0. The van der Waals surface area contributed by atoms with Gasteiger partial charge in [0.15, 0.2) is 0 Å². The number of anilines is 1. The van der Waals surface area contributed by atoms with Gasteiger partial charge in [-0.3, -0.25) is 10.2 Å². The van der Waals surface area contributed by atoms with Crippen LogP contribution in [0.4, 0.5) is 10.5 Å². The first-order valence-electron chi connectivity index (χ1n) is 12.9. The highest BCUT2D eigenvalue weighted by Gasteiger charge is 2.30. The third-order valence-electron chi connectivity index (χ3n) is 7.34. The fourth-order valence-electron chi connectivity index (χ4n) is 5.35. The minimum absolute atomic E-state index is 0.0241. The Balaban J connectivity index is 1.20. The molecular formula is C26H42N4O4. The van der Waals surface area contributed by atoms with Gasteiger partial charge in [0.2, 0.25) is 0 Å². The summed E-state index contributed by atoms with van der Waals surface area (Å²) in [6.45, 7) is 12.5. The fraction of sp³-hybridized carbons (Fsp3) is 0.731. The summed E-state index contributed by atoms with van der Waals surface area (Å²) in [5.41, 5.74) is 1.91. The van der Waals surface area contributed by atoms with Crippen molar-refractivity contribution in [3.63, 3.8) is 0 Å². The molecule has 3 fully saturated rings. The number of aliphatic hydroxyl groups excluding tert-OH is 2. The summed E-state index contributed by atoms with van der Waals surface area (Å²) in [6.07, 6.45) is 2.03. The largest absolute Gasteiger partial charge is 0.444 e. The number of ether oxygens (including phenoxy) is 1. The van der Waals surface area contributed by atoms with Crippen LogP contribution in [0.2, 0.25) is 0 Å². The first kappa shape index (κ1) is 25.2. The number of benzene rings is 1. The zero-order chi connectivity index (χ0) is 24.3. The van der Waals surface area contributed by atoms with Crippen LogP contribution < -0.4 is 10.2 Å². The minimum atomic E-state index is -0.700. The number of amides is 1. The van der Waals surface area contributed by atoms with Crippen molar-refractivity contribution in [2.24, 2.45) is 5.92 Å². The SMILES string of the molecule is CC(C)(C)OC(=O)N1CCC(CN2CCN(c3ccc(C4CCC(O)NC4O)cc3)CC2)CC1. The smallest absolute Gasteiger partial charge is 0.410 e. The second-order valence-corrected chi connectivity index (χ2v) is 11.1. The molecule has 34 heavy (non-hydrogen) atoms. The number of aliphatic hydroxyl groups is 2. The maximum Gasteiger partial charge on any atom is 0.410 e. The van der Waals surface area contributed by atoms with E-state index in [4.69, 9.17) is 4.74 Å². The van der Waals surface area contributed by atoms with Crippen molar-refractivity contribution in [2.45, 2.75) is 70.4 Å². The number of hydrogen-bond donors (Lipinski definition) is 3. The van der Waals surface area contributed by atoms with Crippen molar-refractivity contribution >= 4 is 11.8 Å². The van der Waals surface area contributed by atoms with Crippen LogP contribution >= 0.6 is 0 Å². The van der Waals surface area contributed by atoms with Crippen LogP contribution in [0.1, 0.15) is 57.9 Å². The molecule has 0 spiro atoms. The molecule has 3 heterocycles. The number of hydrogen-bond acceptors (Lipinski definition) is 7. The molecule has 1 aromatic carbocycles. The first-order chi connectivity index (χ1) is 16.2. The van der Waals surface area contributed by atoms with Gasteiger partial charge in [-0.1, -0.05) is 12.1 Å². The van der Waals surface area contributed by atoms with Crippen LogP contribution in [0.15, 0.2) is 24.3 Å².